The second-order valence-corrected chi connectivity index (χ2v) is 4.56. The first-order valence-corrected chi connectivity index (χ1v) is 6.36. The van der Waals surface area contributed by atoms with Gasteiger partial charge >= 0.3 is 0 Å². The molecular weight excluding hydrogens is 302 g/mol. The zero-order valence-electron chi connectivity index (χ0n) is 11.8. The number of hydrogen-bond donors (Lipinski definition) is 5. The second-order valence-electron chi connectivity index (χ2n) is 4.56. The Morgan fingerprint density at radius 3 is 2.13 bits per heavy atom. The average molecular weight is 315 g/mol. The van der Waals surface area contributed by atoms with Gasteiger partial charge in [-0.3, -0.25) is 4.79 Å². The van der Waals surface area contributed by atoms with Crippen LogP contribution in [0.25, 0.3) is 0 Å². The van der Waals surface area contributed by atoms with Crippen LogP contribution < -0.4 is 10.6 Å². The lowest BCUT2D eigenvalue weighted by atomic mass is 10.2. The van der Waals surface area contributed by atoms with Crippen LogP contribution in [0.4, 0.5) is 17.1 Å². The SMILES string of the molecule is C=C(Nc1ccc(O)c(O)c1)C(=O)Nc1ccc(N=O)c(O)c1. The molecule has 0 radical (unpaired) electrons. The van der Waals surface area contributed by atoms with Crippen molar-refractivity contribution < 1.29 is 20.1 Å². The summed E-state index contributed by atoms with van der Waals surface area (Å²) in [5.41, 5.74) is 0.423. The summed E-state index contributed by atoms with van der Waals surface area (Å²) < 4.78 is 0. The smallest absolute Gasteiger partial charge is 0.271 e. The van der Waals surface area contributed by atoms with Crippen LogP contribution in [0.15, 0.2) is 53.9 Å². The molecule has 23 heavy (non-hydrogen) atoms. The fraction of sp³-hybridized carbons (Fsp3) is 0. The topological polar surface area (TPSA) is 131 Å². The van der Waals surface area contributed by atoms with Crippen molar-refractivity contribution in [1.82, 2.24) is 0 Å². The van der Waals surface area contributed by atoms with Crippen molar-refractivity contribution in [3.63, 3.8) is 0 Å². The standard InChI is InChI=1S/C15H13N3O5/c1-8(16-9-3-5-12(19)14(21)7-9)15(22)17-10-2-4-11(18-23)13(20)6-10/h2-7,16,19-21H,1H2,(H,17,22). The number of hydrogen-bond acceptors (Lipinski definition) is 7. The van der Waals surface area contributed by atoms with E-state index in [0.29, 0.717) is 5.69 Å². The van der Waals surface area contributed by atoms with E-state index in [1.54, 1.807) is 0 Å². The number of phenolic OH excluding ortho intramolecular Hbond substituents is 3. The van der Waals surface area contributed by atoms with Gasteiger partial charge in [0.25, 0.3) is 5.91 Å². The van der Waals surface area contributed by atoms with Gasteiger partial charge in [-0.2, -0.15) is 0 Å². The highest BCUT2D eigenvalue weighted by Crippen LogP contribution is 2.30. The van der Waals surface area contributed by atoms with E-state index < -0.39 is 5.91 Å². The number of phenols is 3. The van der Waals surface area contributed by atoms with Gasteiger partial charge in [-0.05, 0) is 29.4 Å². The molecule has 8 heteroatoms. The molecule has 0 aliphatic carbocycles. The Balaban J connectivity index is 2.05. The maximum absolute atomic E-state index is 12.0. The third kappa shape index (κ3) is 3.76. The van der Waals surface area contributed by atoms with E-state index in [-0.39, 0.29) is 34.3 Å². The van der Waals surface area contributed by atoms with E-state index in [9.17, 15) is 25.0 Å². The Morgan fingerprint density at radius 1 is 0.913 bits per heavy atom. The molecule has 1 amide bonds. The quantitative estimate of drug-likeness (QED) is 0.249. The van der Waals surface area contributed by atoms with Crippen molar-refractivity contribution >= 4 is 23.0 Å². The maximum atomic E-state index is 12.0. The monoisotopic (exact) mass is 315 g/mol. The Bertz CT molecular complexity index is 789. The molecule has 2 aromatic rings. The van der Waals surface area contributed by atoms with Gasteiger partial charge in [0.05, 0.1) is 5.70 Å². The van der Waals surface area contributed by atoms with Crippen LogP contribution in [-0.2, 0) is 4.79 Å². The van der Waals surface area contributed by atoms with Crippen molar-refractivity contribution in [3.8, 4) is 17.2 Å². The fourth-order valence-electron chi connectivity index (χ4n) is 1.72. The number of nitrogens with zero attached hydrogens (tertiary/aromatic N) is 1. The molecule has 0 aliphatic heterocycles. The fourth-order valence-corrected chi connectivity index (χ4v) is 1.72. The van der Waals surface area contributed by atoms with E-state index in [1.165, 1.54) is 36.4 Å². The van der Waals surface area contributed by atoms with E-state index in [0.717, 1.165) is 0 Å². The zero-order chi connectivity index (χ0) is 17.0. The molecule has 5 N–H and O–H groups in total. The molecule has 2 aromatic carbocycles. The number of anilines is 2. The summed E-state index contributed by atoms with van der Waals surface area (Å²) in [6.07, 6.45) is 0. The molecule has 2 rings (SSSR count). The summed E-state index contributed by atoms with van der Waals surface area (Å²) in [6.45, 7) is 3.56. The van der Waals surface area contributed by atoms with Gasteiger partial charge < -0.3 is 26.0 Å². The van der Waals surface area contributed by atoms with Crippen LogP contribution in [0.5, 0.6) is 17.2 Å². The Kier molecular flexibility index (Phi) is 4.46. The molecule has 0 aromatic heterocycles. The van der Waals surface area contributed by atoms with Crippen LogP contribution in [0.2, 0.25) is 0 Å². The first kappa shape index (κ1) is 15.8. The number of carbonyl (C=O) groups excluding carboxylic acids is 1. The Labute approximate surface area is 130 Å². The van der Waals surface area contributed by atoms with Gasteiger partial charge in [0.2, 0.25) is 0 Å². The largest absolute Gasteiger partial charge is 0.505 e. The second kappa shape index (κ2) is 6.48. The number of nitrogens with one attached hydrogen (secondary N) is 2. The molecule has 0 spiro atoms. The van der Waals surface area contributed by atoms with E-state index in [4.69, 9.17) is 0 Å². The number of rotatable bonds is 5. The molecule has 0 aliphatic rings. The highest BCUT2D eigenvalue weighted by atomic mass is 16.3. The van der Waals surface area contributed by atoms with Crippen molar-refractivity contribution in [1.29, 1.82) is 0 Å². The Morgan fingerprint density at radius 2 is 1.52 bits per heavy atom. The van der Waals surface area contributed by atoms with Gasteiger partial charge in [0, 0.05) is 23.5 Å². The molecular formula is C15H13N3O5. The normalized spacial score (nSPS) is 9.91. The third-order valence-electron chi connectivity index (χ3n) is 2.88. The number of aromatic hydroxyl groups is 3. The lowest BCUT2D eigenvalue weighted by Gasteiger charge is -2.11. The minimum absolute atomic E-state index is 0.0350. The van der Waals surface area contributed by atoms with Crippen molar-refractivity contribution in [2.24, 2.45) is 5.18 Å². The summed E-state index contributed by atoms with van der Waals surface area (Å²) in [5, 5.41) is 35.8. The number of nitroso groups, excluding NO2 is 1. The molecule has 0 atom stereocenters. The van der Waals surface area contributed by atoms with Crippen molar-refractivity contribution in [3.05, 3.63) is 53.6 Å². The molecule has 0 unspecified atom stereocenters. The molecule has 8 nitrogen and oxygen atoms in total. The number of benzene rings is 2. The number of carbonyl (C=O) groups is 1. The van der Waals surface area contributed by atoms with Crippen molar-refractivity contribution in [2.45, 2.75) is 0 Å². The first-order valence-electron chi connectivity index (χ1n) is 6.36. The highest BCUT2D eigenvalue weighted by molar-refractivity contribution is 6.05. The molecule has 0 fully saturated rings. The molecule has 0 bridgehead atoms. The summed E-state index contributed by atoms with van der Waals surface area (Å²) in [5.74, 6) is -1.58. The lowest BCUT2D eigenvalue weighted by molar-refractivity contribution is -0.112. The van der Waals surface area contributed by atoms with E-state index >= 15 is 0 Å². The molecule has 0 saturated carbocycles. The minimum atomic E-state index is -0.594. The lowest BCUT2D eigenvalue weighted by Crippen LogP contribution is -2.18. The van der Waals surface area contributed by atoms with Crippen LogP contribution >= 0.6 is 0 Å². The highest BCUT2D eigenvalue weighted by Gasteiger charge is 2.10. The van der Waals surface area contributed by atoms with Gasteiger partial charge in [0.15, 0.2) is 11.5 Å². The molecule has 118 valence electrons. The van der Waals surface area contributed by atoms with Crippen LogP contribution in [0.3, 0.4) is 0 Å². The van der Waals surface area contributed by atoms with Gasteiger partial charge in [-0.1, -0.05) is 6.58 Å². The average Bonchev–Trinajstić information content (AvgIpc) is 2.51. The maximum Gasteiger partial charge on any atom is 0.271 e. The van der Waals surface area contributed by atoms with E-state index in [2.05, 4.69) is 22.4 Å². The summed E-state index contributed by atoms with van der Waals surface area (Å²) in [4.78, 5) is 22.3. The summed E-state index contributed by atoms with van der Waals surface area (Å²) in [7, 11) is 0. The van der Waals surface area contributed by atoms with Gasteiger partial charge in [-0.15, -0.1) is 4.91 Å². The minimum Gasteiger partial charge on any atom is -0.505 e. The molecule has 0 heterocycles. The van der Waals surface area contributed by atoms with Crippen LogP contribution in [0, 0.1) is 4.91 Å². The van der Waals surface area contributed by atoms with Gasteiger partial charge in [-0.25, -0.2) is 0 Å². The third-order valence-corrected chi connectivity index (χ3v) is 2.88. The summed E-state index contributed by atoms with van der Waals surface area (Å²) in [6, 6.07) is 7.76. The Hall–Kier alpha value is -3.55. The van der Waals surface area contributed by atoms with Crippen LogP contribution in [0.1, 0.15) is 0 Å². The predicted molar refractivity (Wildman–Crippen MR) is 84.7 cm³/mol. The van der Waals surface area contributed by atoms with Crippen LogP contribution in [-0.4, -0.2) is 21.2 Å². The number of amides is 1. The summed E-state index contributed by atoms with van der Waals surface area (Å²) >= 11 is 0. The first-order chi connectivity index (χ1) is 10.9. The predicted octanol–water partition coefficient (Wildman–Crippen LogP) is 2.77. The zero-order valence-corrected chi connectivity index (χ0v) is 11.8. The van der Waals surface area contributed by atoms with Crippen molar-refractivity contribution in [2.75, 3.05) is 10.6 Å². The van der Waals surface area contributed by atoms with E-state index in [1.807, 2.05) is 0 Å². The van der Waals surface area contributed by atoms with Gasteiger partial charge in [0.1, 0.15) is 11.4 Å². The molecule has 0 saturated heterocycles.